The Morgan fingerprint density at radius 3 is 2.77 bits per heavy atom. The Morgan fingerprint density at radius 1 is 1.36 bits per heavy atom. The molecule has 0 aliphatic carbocycles. The molecule has 0 spiro atoms. The number of hydrogen-bond acceptors (Lipinski definition) is 4. The molecule has 2 rings (SSSR count). The quantitative estimate of drug-likeness (QED) is 0.631. The fraction of sp³-hybridized carbons (Fsp3) is 0.312. The molecule has 0 atom stereocenters. The Balaban J connectivity index is 2.08. The van der Waals surface area contributed by atoms with E-state index in [4.69, 9.17) is 11.6 Å². The van der Waals surface area contributed by atoms with E-state index < -0.39 is 5.56 Å². The fourth-order valence-electron chi connectivity index (χ4n) is 1.96. The highest BCUT2D eigenvalue weighted by molar-refractivity contribution is 6.32. The Bertz CT molecular complexity index is 707. The second-order valence-corrected chi connectivity index (χ2v) is 5.41. The first kappa shape index (κ1) is 16.2. The molecule has 0 bridgehead atoms. The second-order valence-electron chi connectivity index (χ2n) is 5.04. The number of H-pyrrole nitrogens is 1. The molecule has 0 radical (unpaired) electrons. The molecule has 0 amide bonds. The van der Waals surface area contributed by atoms with Gasteiger partial charge in [0.15, 0.2) is 0 Å². The number of hydrazone groups is 1. The molecule has 0 fully saturated rings. The average Bonchev–Trinajstić information content (AvgIpc) is 2.54. The van der Waals surface area contributed by atoms with Gasteiger partial charge in [0.2, 0.25) is 0 Å². The van der Waals surface area contributed by atoms with Gasteiger partial charge in [-0.15, -0.1) is 0 Å². The first-order chi connectivity index (χ1) is 10.6. The summed E-state index contributed by atoms with van der Waals surface area (Å²) >= 11 is 5.88. The minimum Gasteiger partial charge on any atom is -0.275 e. The largest absolute Gasteiger partial charge is 0.285 e. The van der Waals surface area contributed by atoms with Gasteiger partial charge >= 0.3 is 0 Å². The molecule has 1 heterocycles. The average molecular weight is 319 g/mol. The van der Waals surface area contributed by atoms with Crippen molar-refractivity contribution in [2.24, 2.45) is 5.10 Å². The fourth-order valence-corrected chi connectivity index (χ4v) is 2.10. The Labute approximate surface area is 134 Å². The summed E-state index contributed by atoms with van der Waals surface area (Å²) in [6, 6.07) is 8.32. The van der Waals surface area contributed by atoms with Crippen LogP contribution in [0.3, 0.4) is 0 Å². The number of nitrogens with zero attached hydrogens (tertiary/aromatic N) is 2. The van der Waals surface area contributed by atoms with Gasteiger partial charge in [-0.1, -0.05) is 49.2 Å². The highest BCUT2D eigenvalue weighted by Crippen LogP contribution is 2.15. The lowest BCUT2D eigenvalue weighted by Gasteiger charge is -2.05. The van der Waals surface area contributed by atoms with Crippen molar-refractivity contribution in [1.82, 2.24) is 10.2 Å². The molecule has 0 unspecified atom stereocenters. The molecule has 2 N–H and O–H groups in total. The van der Waals surface area contributed by atoms with E-state index in [-0.39, 0.29) is 5.02 Å². The number of anilines is 1. The Morgan fingerprint density at radius 2 is 2.09 bits per heavy atom. The third kappa shape index (κ3) is 4.18. The van der Waals surface area contributed by atoms with Crippen LogP contribution in [0.4, 0.5) is 5.69 Å². The number of hydrogen-bond donors (Lipinski definition) is 2. The van der Waals surface area contributed by atoms with E-state index in [2.05, 4.69) is 39.8 Å². The predicted molar refractivity (Wildman–Crippen MR) is 90.8 cm³/mol. The lowest BCUT2D eigenvalue weighted by molar-refractivity contribution is 0.795. The topological polar surface area (TPSA) is 70.1 Å². The summed E-state index contributed by atoms with van der Waals surface area (Å²) in [4.78, 5) is 11.3. The van der Waals surface area contributed by atoms with Gasteiger partial charge in [0.25, 0.3) is 5.56 Å². The zero-order chi connectivity index (χ0) is 15.9. The van der Waals surface area contributed by atoms with E-state index in [0.29, 0.717) is 5.69 Å². The molecule has 0 aliphatic heterocycles. The monoisotopic (exact) mass is 318 g/mol. The lowest BCUT2D eigenvalue weighted by Crippen LogP contribution is -2.10. The lowest BCUT2D eigenvalue weighted by atomic mass is 10.0. The van der Waals surface area contributed by atoms with Gasteiger partial charge in [0.05, 0.1) is 11.9 Å². The van der Waals surface area contributed by atoms with Crippen LogP contribution >= 0.6 is 11.6 Å². The van der Waals surface area contributed by atoms with E-state index in [9.17, 15) is 4.79 Å². The Hall–Kier alpha value is -2.14. The van der Waals surface area contributed by atoms with Crippen molar-refractivity contribution >= 4 is 23.0 Å². The highest BCUT2D eigenvalue weighted by Gasteiger charge is 2.04. The molecule has 22 heavy (non-hydrogen) atoms. The van der Waals surface area contributed by atoms with Crippen molar-refractivity contribution in [2.45, 2.75) is 33.1 Å². The third-order valence-electron chi connectivity index (χ3n) is 3.33. The molecule has 0 aliphatic rings. The summed E-state index contributed by atoms with van der Waals surface area (Å²) in [5.74, 6) is 0. The molecule has 116 valence electrons. The zero-order valence-electron chi connectivity index (χ0n) is 12.7. The van der Waals surface area contributed by atoms with Crippen molar-refractivity contribution < 1.29 is 0 Å². The number of rotatable bonds is 6. The number of aryl methyl sites for hydroxylation is 1. The van der Waals surface area contributed by atoms with Gasteiger partial charge in [-0.25, -0.2) is 5.10 Å². The summed E-state index contributed by atoms with van der Waals surface area (Å²) in [5.41, 5.74) is 5.86. The molecule has 2 aromatic rings. The predicted octanol–water partition coefficient (Wildman–Crippen LogP) is 3.60. The van der Waals surface area contributed by atoms with Crippen LogP contribution in [-0.4, -0.2) is 15.9 Å². The normalized spacial score (nSPS) is 11.5. The minimum absolute atomic E-state index is 0.0430. The van der Waals surface area contributed by atoms with E-state index in [1.165, 1.54) is 24.6 Å². The number of halogens is 1. The smallest absolute Gasteiger partial charge is 0.275 e. The van der Waals surface area contributed by atoms with Crippen LogP contribution in [0.5, 0.6) is 0 Å². The highest BCUT2D eigenvalue weighted by atomic mass is 35.5. The first-order valence-electron chi connectivity index (χ1n) is 7.24. The summed E-state index contributed by atoms with van der Waals surface area (Å²) in [7, 11) is 0. The van der Waals surface area contributed by atoms with E-state index >= 15 is 0 Å². The van der Waals surface area contributed by atoms with Crippen LogP contribution in [0.15, 0.2) is 40.4 Å². The summed E-state index contributed by atoms with van der Waals surface area (Å²) in [6.07, 6.45) is 4.91. The molecular formula is C16H19ClN4O. The minimum atomic E-state index is -0.445. The van der Waals surface area contributed by atoms with Crippen molar-refractivity contribution in [3.63, 3.8) is 0 Å². The van der Waals surface area contributed by atoms with Crippen LogP contribution in [0, 0.1) is 0 Å². The van der Waals surface area contributed by atoms with Gasteiger partial charge in [-0.2, -0.15) is 10.2 Å². The van der Waals surface area contributed by atoms with E-state index in [0.717, 1.165) is 17.7 Å². The van der Waals surface area contributed by atoms with Crippen LogP contribution < -0.4 is 11.0 Å². The van der Waals surface area contributed by atoms with Crippen molar-refractivity contribution in [3.05, 3.63) is 57.0 Å². The van der Waals surface area contributed by atoms with Gasteiger partial charge in [-0.3, -0.25) is 10.2 Å². The molecule has 1 aromatic heterocycles. The maximum Gasteiger partial charge on any atom is 0.285 e. The summed E-state index contributed by atoms with van der Waals surface area (Å²) < 4.78 is 0. The van der Waals surface area contributed by atoms with Gasteiger partial charge < -0.3 is 0 Å². The standard InChI is InChI=1S/C16H19ClN4O/c1-3-4-5-12-6-8-13(9-7-12)11(2)19-20-14-10-18-21-16(22)15(14)17/h6-10H,3-5H2,1-2H3,(H2,20,21,22)/b19-11-. The molecule has 6 heteroatoms. The van der Waals surface area contributed by atoms with Crippen LogP contribution in [0.25, 0.3) is 0 Å². The number of aromatic nitrogens is 2. The third-order valence-corrected chi connectivity index (χ3v) is 3.71. The number of aromatic amines is 1. The number of benzene rings is 1. The summed E-state index contributed by atoms with van der Waals surface area (Å²) in [5, 5.41) is 10.2. The van der Waals surface area contributed by atoms with E-state index in [1.54, 1.807) is 0 Å². The number of unbranched alkanes of at least 4 members (excludes halogenated alkanes) is 1. The van der Waals surface area contributed by atoms with Crippen LogP contribution in [-0.2, 0) is 6.42 Å². The maximum atomic E-state index is 11.3. The Kier molecular flexibility index (Phi) is 5.72. The van der Waals surface area contributed by atoms with Crippen LogP contribution in [0.1, 0.15) is 37.8 Å². The van der Waals surface area contributed by atoms with Crippen molar-refractivity contribution in [1.29, 1.82) is 0 Å². The van der Waals surface area contributed by atoms with Gasteiger partial charge in [0, 0.05) is 0 Å². The van der Waals surface area contributed by atoms with Gasteiger partial charge in [-0.05, 0) is 30.9 Å². The zero-order valence-corrected chi connectivity index (χ0v) is 13.4. The van der Waals surface area contributed by atoms with Crippen molar-refractivity contribution in [3.8, 4) is 0 Å². The van der Waals surface area contributed by atoms with Crippen LogP contribution in [0.2, 0.25) is 5.02 Å². The van der Waals surface area contributed by atoms with Gasteiger partial charge in [0.1, 0.15) is 10.7 Å². The molecule has 0 saturated heterocycles. The molecular weight excluding hydrogens is 300 g/mol. The second kappa shape index (κ2) is 7.75. The van der Waals surface area contributed by atoms with Crippen molar-refractivity contribution in [2.75, 3.05) is 5.43 Å². The number of nitrogens with one attached hydrogen (secondary N) is 2. The van der Waals surface area contributed by atoms with E-state index in [1.807, 2.05) is 19.1 Å². The molecule has 1 aromatic carbocycles. The first-order valence-corrected chi connectivity index (χ1v) is 7.62. The summed E-state index contributed by atoms with van der Waals surface area (Å²) in [6.45, 7) is 4.08. The molecule has 5 nitrogen and oxygen atoms in total. The molecule has 0 saturated carbocycles. The maximum absolute atomic E-state index is 11.3. The SMILES string of the molecule is CCCCc1ccc(/C(C)=N\Nc2cn[nH]c(=O)c2Cl)cc1.